The van der Waals surface area contributed by atoms with Crippen molar-refractivity contribution in [3.63, 3.8) is 0 Å². The maximum absolute atomic E-state index is 13.4. The number of urea groups is 1. The van der Waals surface area contributed by atoms with Gasteiger partial charge < -0.3 is 19.7 Å². The highest BCUT2D eigenvalue weighted by Crippen LogP contribution is 2.45. The lowest BCUT2D eigenvalue weighted by Gasteiger charge is -2.25. The molecule has 1 saturated carbocycles. The van der Waals surface area contributed by atoms with Crippen LogP contribution in [0.25, 0.3) is 0 Å². The summed E-state index contributed by atoms with van der Waals surface area (Å²) < 4.78 is 13.7. The van der Waals surface area contributed by atoms with Gasteiger partial charge in [-0.2, -0.15) is 0 Å². The third-order valence-corrected chi connectivity index (χ3v) is 7.05. The number of carbonyl (C=O) groups excluding carboxylic acids is 2. The quantitative estimate of drug-likeness (QED) is 0.589. The first-order chi connectivity index (χ1) is 15.4. The normalized spacial score (nSPS) is 19.4. The fourth-order valence-corrected chi connectivity index (χ4v) is 4.97. The number of likely N-dealkylation sites (N-methyl/N-ethyl adjacent to an activating group) is 1. The summed E-state index contributed by atoms with van der Waals surface area (Å²) in [5, 5.41) is 3.32. The molecule has 2 aliphatic rings. The second-order valence-electron chi connectivity index (χ2n) is 8.55. The number of fused-ring (bicyclic) bond motifs is 1. The number of ether oxygens (including phenoxy) is 2. The number of benzene rings is 2. The Bertz CT molecular complexity index is 969. The van der Waals surface area contributed by atoms with Gasteiger partial charge in [0.25, 0.3) is 0 Å². The number of carbonyl (C=O) groups is 2. The average molecular weight is 456 g/mol. The van der Waals surface area contributed by atoms with E-state index in [2.05, 4.69) is 23.9 Å². The molecule has 1 aliphatic heterocycles. The monoisotopic (exact) mass is 455 g/mol. The summed E-state index contributed by atoms with van der Waals surface area (Å²) >= 11 is 1.45. The molecular weight excluding hydrogens is 426 g/mol. The van der Waals surface area contributed by atoms with Gasteiger partial charge in [-0.3, -0.25) is 9.52 Å². The molecule has 1 fully saturated rings. The maximum Gasteiger partial charge on any atom is 0.325 e. The van der Waals surface area contributed by atoms with Crippen molar-refractivity contribution in [2.75, 3.05) is 18.7 Å². The van der Waals surface area contributed by atoms with Crippen LogP contribution in [-0.4, -0.2) is 37.1 Å². The van der Waals surface area contributed by atoms with Crippen molar-refractivity contribution in [1.82, 2.24) is 10.0 Å². The van der Waals surface area contributed by atoms with Gasteiger partial charge in [0, 0.05) is 30.5 Å². The van der Waals surface area contributed by atoms with Crippen LogP contribution in [0.5, 0.6) is 11.5 Å². The predicted molar refractivity (Wildman–Crippen MR) is 126 cm³/mol. The number of anilines is 1. The molecule has 0 spiro atoms. The van der Waals surface area contributed by atoms with Gasteiger partial charge >= 0.3 is 6.03 Å². The zero-order chi connectivity index (χ0) is 22.7. The summed E-state index contributed by atoms with van der Waals surface area (Å²) in [5.74, 6) is 2.30. The van der Waals surface area contributed by atoms with Crippen molar-refractivity contribution in [2.24, 2.45) is 11.8 Å². The largest absolute Gasteiger partial charge is 0.454 e. The van der Waals surface area contributed by atoms with Crippen LogP contribution in [-0.2, 0) is 11.2 Å². The van der Waals surface area contributed by atoms with Crippen molar-refractivity contribution in [2.45, 2.75) is 38.0 Å². The highest BCUT2D eigenvalue weighted by molar-refractivity contribution is 7.98. The van der Waals surface area contributed by atoms with Crippen molar-refractivity contribution in [3.8, 4) is 11.5 Å². The van der Waals surface area contributed by atoms with Crippen LogP contribution in [0.15, 0.2) is 48.5 Å². The highest BCUT2D eigenvalue weighted by Gasteiger charge is 2.40. The standard InChI is InChI=1S/C24H29N3O4S/c1-15(2)18-13-22(18)32-26-24(29)25-19(11-16-7-5-4-6-8-16)23(28)27(3)17-9-10-20-21(12-17)31-14-30-20/h4-10,12,15,18-19,22H,11,13-14H2,1-3H3,(H2,25,26,29). The molecule has 1 aliphatic carbocycles. The summed E-state index contributed by atoms with van der Waals surface area (Å²) in [7, 11) is 1.70. The molecule has 3 unspecified atom stereocenters. The Morgan fingerprint density at radius 2 is 1.88 bits per heavy atom. The molecule has 3 amide bonds. The topological polar surface area (TPSA) is 79.9 Å². The van der Waals surface area contributed by atoms with E-state index in [0.717, 1.165) is 12.0 Å². The third-order valence-electron chi connectivity index (χ3n) is 5.90. The minimum absolute atomic E-state index is 0.172. The number of nitrogens with one attached hydrogen (secondary N) is 2. The first kappa shape index (κ1) is 22.3. The number of rotatable bonds is 8. The summed E-state index contributed by atoms with van der Waals surface area (Å²) in [6.45, 7) is 4.57. The molecule has 1 heterocycles. The first-order valence-corrected chi connectivity index (χ1v) is 11.7. The second kappa shape index (κ2) is 9.73. The van der Waals surface area contributed by atoms with E-state index in [1.54, 1.807) is 30.1 Å². The molecule has 170 valence electrons. The van der Waals surface area contributed by atoms with Gasteiger partial charge in [-0.25, -0.2) is 4.79 Å². The fourth-order valence-electron chi connectivity index (χ4n) is 3.85. The lowest BCUT2D eigenvalue weighted by molar-refractivity contribution is -0.120. The highest BCUT2D eigenvalue weighted by atomic mass is 32.2. The number of hydrogen-bond acceptors (Lipinski definition) is 5. The van der Waals surface area contributed by atoms with E-state index in [4.69, 9.17) is 9.47 Å². The van der Waals surface area contributed by atoms with Crippen molar-refractivity contribution in [1.29, 1.82) is 0 Å². The first-order valence-electron chi connectivity index (χ1n) is 10.9. The Morgan fingerprint density at radius 3 is 2.59 bits per heavy atom. The Kier molecular flexibility index (Phi) is 6.79. The lowest BCUT2D eigenvalue weighted by Crippen LogP contribution is -2.50. The van der Waals surface area contributed by atoms with Crippen LogP contribution in [0, 0.1) is 11.8 Å². The van der Waals surface area contributed by atoms with Crippen LogP contribution in [0.1, 0.15) is 25.8 Å². The van der Waals surface area contributed by atoms with E-state index in [1.807, 2.05) is 30.3 Å². The van der Waals surface area contributed by atoms with Gasteiger partial charge in [0.2, 0.25) is 12.7 Å². The van der Waals surface area contributed by atoms with Crippen LogP contribution in [0.4, 0.5) is 10.5 Å². The summed E-state index contributed by atoms with van der Waals surface area (Å²) in [6, 6.07) is 14.0. The van der Waals surface area contributed by atoms with Crippen LogP contribution >= 0.6 is 11.9 Å². The van der Waals surface area contributed by atoms with Crippen LogP contribution in [0.2, 0.25) is 0 Å². The molecule has 0 saturated heterocycles. The van der Waals surface area contributed by atoms with Gasteiger partial charge in [-0.1, -0.05) is 44.2 Å². The zero-order valence-corrected chi connectivity index (χ0v) is 19.4. The summed E-state index contributed by atoms with van der Waals surface area (Å²) in [6.07, 6.45) is 1.51. The molecule has 8 heteroatoms. The van der Waals surface area contributed by atoms with Crippen LogP contribution < -0.4 is 24.4 Å². The Labute approximate surface area is 193 Å². The average Bonchev–Trinajstić information content (AvgIpc) is 3.44. The molecule has 2 aromatic rings. The van der Waals surface area contributed by atoms with E-state index in [9.17, 15) is 9.59 Å². The van der Waals surface area contributed by atoms with Gasteiger partial charge in [0.1, 0.15) is 6.04 Å². The van der Waals surface area contributed by atoms with E-state index in [0.29, 0.717) is 40.7 Å². The Balaban J connectivity index is 1.43. The van der Waals surface area contributed by atoms with Crippen molar-refractivity contribution in [3.05, 3.63) is 54.1 Å². The summed E-state index contributed by atoms with van der Waals surface area (Å²) in [5.41, 5.74) is 1.65. The zero-order valence-electron chi connectivity index (χ0n) is 18.5. The van der Waals surface area contributed by atoms with E-state index in [-0.39, 0.29) is 18.7 Å². The molecule has 4 rings (SSSR count). The number of nitrogens with zero attached hydrogens (tertiary/aromatic N) is 1. The maximum atomic E-state index is 13.4. The third kappa shape index (κ3) is 5.30. The SMILES string of the molecule is CC(C)C1CC1SNC(=O)NC(Cc1ccccc1)C(=O)N(C)c1ccc2c(c1)OCO2. The van der Waals surface area contributed by atoms with Gasteiger partial charge in [-0.15, -0.1) is 0 Å². The molecule has 7 nitrogen and oxygen atoms in total. The Hall–Kier alpha value is -2.87. The number of amides is 3. The van der Waals surface area contributed by atoms with Crippen molar-refractivity contribution < 1.29 is 19.1 Å². The Morgan fingerprint density at radius 1 is 1.12 bits per heavy atom. The molecule has 3 atom stereocenters. The smallest absolute Gasteiger partial charge is 0.325 e. The molecule has 0 radical (unpaired) electrons. The van der Waals surface area contributed by atoms with Gasteiger partial charge in [-0.05, 0) is 47.9 Å². The molecule has 0 aromatic heterocycles. The van der Waals surface area contributed by atoms with Crippen LogP contribution in [0.3, 0.4) is 0 Å². The molecule has 0 bridgehead atoms. The number of hydrogen-bond donors (Lipinski definition) is 2. The molecule has 2 N–H and O–H groups in total. The van der Waals surface area contributed by atoms with Crippen molar-refractivity contribution >= 4 is 29.6 Å². The van der Waals surface area contributed by atoms with E-state index >= 15 is 0 Å². The lowest BCUT2D eigenvalue weighted by atomic mass is 10.0. The fraction of sp³-hybridized carbons (Fsp3) is 0.417. The second-order valence-corrected chi connectivity index (χ2v) is 9.60. The minimum Gasteiger partial charge on any atom is -0.454 e. The van der Waals surface area contributed by atoms with Gasteiger partial charge in [0.05, 0.1) is 0 Å². The van der Waals surface area contributed by atoms with E-state index in [1.165, 1.54) is 11.9 Å². The van der Waals surface area contributed by atoms with Gasteiger partial charge in [0.15, 0.2) is 11.5 Å². The minimum atomic E-state index is -0.714. The summed E-state index contributed by atoms with van der Waals surface area (Å²) in [4.78, 5) is 27.5. The predicted octanol–water partition coefficient (Wildman–Crippen LogP) is 3.98. The molecular formula is C24H29N3O4S. The molecule has 32 heavy (non-hydrogen) atoms. The van der Waals surface area contributed by atoms with E-state index < -0.39 is 6.04 Å². The molecule has 2 aromatic carbocycles.